The Hall–Kier alpha value is -2.05. The highest BCUT2D eigenvalue weighted by Crippen LogP contribution is 2.32. The molecule has 110 valence electrons. The summed E-state index contributed by atoms with van der Waals surface area (Å²) in [6, 6.07) is -0.505. The van der Waals surface area contributed by atoms with Crippen molar-refractivity contribution in [2.24, 2.45) is 13.0 Å². The summed E-state index contributed by atoms with van der Waals surface area (Å²) in [5.41, 5.74) is -0.626. The molecule has 20 heavy (non-hydrogen) atoms. The van der Waals surface area contributed by atoms with Crippen molar-refractivity contribution in [1.82, 2.24) is 15.1 Å². The number of amides is 2. The van der Waals surface area contributed by atoms with Crippen molar-refractivity contribution in [3.8, 4) is 0 Å². The molecule has 1 fully saturated rings. The van der Waals surface area contributed by atoms with Crippen LogP contribution in [0.4, 0.5) is 10.5 Å². The molecular weight excluding hydrogens is 260 g/mol. The van der Waals surface area contributed by atoms with Gasteiger partial charge in [0.15, 0.2) is 0 Å². The number of nitrogens with one attached hydrogen (secondary N) is 2. The quantitative estimate of drug-likeness (QED) is 0.783. The minimum atomic E-state index is -1.16. The van der Waals surface area contributed by atoms with E-state index >= 15 is 0 Å². The van der Waals surface area contributed by atoms with Gasteiger partial charge in [-0.3, -0.25) is 4.68 Å². The van der Waals surface area contributed by atoms with Gasteiger partial charge in [0.25, 0.3) is 0 Å². The number of hydrogen-bond donors (Lipinski definition) is 3. The summed E-state index contributed by atoms with van der Waals surface area (Å²) >= 11 is 0. The Kier molecular flexibility index (Phi) is 3.96. The Bertz CT molecular complexity index is 513. The number of aromatic nitrogens is 2. The van der Waals surface area contributed by atoms with E-state index in [2.05, 4.69) is 15.7 Å². The van der Waals surface area contributed by atoms with E-state index in [1.165, 1.54) is 6.20 Å². The Morgan fingerprint density at radius 3 is 2.85 bits per heavy atom. The molecule has 0 saturated heterocycles. The predicted molar refractivity (Wildman–Crippen MR) is 73.4 cm³/mol. The van der Waals surface area contributed by atoms with Crippen LogP contribution in [0.15, 0.2) is 12.4 Å². The number of urea groups is 1. The molecule has 0 bridgehead atoms. The first-order valence-corrected chi connectivity index (χ1v) is 6.72. The van der Waals surface area contributed by atoms with Gasteiger partial charge in [0, 0.05) is 13.2 Å². The third-order valence-electron chi connectivity index (χ3n) is 3.72. The zero-order chi connectivity index (χ0) is 14.8. The largest absolute Gasteiger partial charge is 0.480 e. The van der Waals surface area contributed by atoms with Gasteiger partial charge in [0.1, 0.15) is 5.54 Å². The second kappa shape index (κ2) is 5.52. The molecule has 0 spiro atoms. The Labute approximate surface area is 117 Å². The van der Waals surface area contributed by atoms with Crippen LogP contribution in [0, 0.1) is 5.92 Å². The fourth-order valence-electron chi connectivity index (χ4n) is 2.78. The zero-order valence-electron chi connectivity index (χ0n) is 11.7. The average Bonchev–Trinajstić information content (AvgIpc) is 2.74. The molecule has 1 aromatic rings. The predicted octanol–water partition coefficient (Wildman–Crippen LogP) is 1.58. The van der Waals surface area contributed by atoms with Gasteiger partial charge in [-0.15, -0.1) is 0 Å². The molecule has 2 unspecified atom stereocenters. The Morgan fingerprint density at radius 1 is 1.55 bits per heavy atom. The number of anilines is 1. The number of carbonyl (C=O) groups is 2. The van der Waals surface area contributed by atoms with Crippen molar-refractivity contribution in [3.63, 3.8) is 0 Å². The van der Waals surface area contributed by atoms with Gasteiger partial charge in [-0.25, -0.2) is 9.59 Å². The van der Waals surface area contributed by atoms with Crippen molar-refractivity contribution in [3.05, 3.63) is 12.4 Å². The lowest BCUT2D eigenvalue weighted by atomic mass is 9.76. The molecule has 7 heteroatoms. The number of aryl methyl sites for hydroxylation is 1. The summed E-state index contributed by atoms with van der Waals surface area (Å²) in [4.78, 5) is 23.5. The molecule has 2 amide bonds. The van der Waals surface area contributed by atoms with Crippen LogP contribution in [0.1, 0.15) is 32.6 Å². The SMILES string of the molecule is CC1CCCC(NC(=O)Nc2cnn(C)c2)(C(=O)O)C1. The van der Waals surface area contributed by atoms with Gasteiger partial charge in [-0.2, -0.15) is 5.10 Å². The van der Waals surface area contributed by atoms with E-state index in [0.29, 0.717) is 24.4 Å². The molecule has 2 atom stereocenters. The molecule has 1 aromatic heterocycles. The van der Waals surface area contributed by atoms with E-state index in [1.807, 2.05) is 6.92 Å². The molecule has 1 aliphatic carbocycles. The van der Waals surface area contributed by atoms with E-state index in [4.69, 9.17) is 0 Å². The topological polar surface area (TPSA) is 96.3 Å². The average molecular weight is 280 g/mol. The minimum Gasteiger partial charge on any atom is -0.480 e. The molecule has 1 aliphatic rings. The van der Waals surface area contributed by atoms with Crippen molar-refractivity contribution in [1.29, 1.82) is 0 Å². The highest BCUT2D eigenvalue weighted by Gasteiger charge is 2.43. The number of aliphatic carboxylic acids is 1. The summed E-state index contributed by atoms with van der Waals surface area (Å²) in [6.07, 6.45) is 5.89. The van der Waals surface area contributed by atoms with Crippen LogP contribution in [0.5, 0.6) is 0 Å². The lowest BCUT2D eigenvalue weighted by Crippen LogP contribution is -2.57. The lowest BCUT2D eigenvalue weighted by Gasteiger charge is -2.36. The van der Waals surface area contributed by atoms with Gasteiger partial charge in [0.2, 0.25) is 0 Å². The number of nitrogens with zero attached hydrogens (tertiary/aromatic N) is 2. The van der Waals surface area contributed by atoms with Gasteiger partial charge in [-0.05, 0) is 18.8 Å². The first kappa shape index (κ1) is 14.4. The Morgan fingerprint density at radius 2 is 2.30 bits per heavy atom. The number of hydrogen-bond acceptors (Lipinski definition) is 3. The van der Waals surface area contributed by atoms with Crippen LogP contribution in [0.25, 0.3) is 0 Å². The first-order chi connectivity index (χ1) is 9.41. The van der Waals surface area contributed by atoms with Crippen molar-refractivity contribution in [2.45, 2.75) is 38.1 Å². The maximum Gasteiger partial charge on any atom is 0.329 e. The molecule has 7 nitrogen and oxygen atoms in total. The maximum absolute atomic E-state index is 12.0. The van der Waals surface area contributed by atoms with Crippen LogP contribution in [0.3, 0.4) is 0 Å². The molecule has 1 saturated carbocycles. The second-order valence-electron chi connectivity index (χ2n) is 5.57. The summed E-state index contributed by atoms with van der Waals surface area (Å²) in [7, 11) is 1.74. The van der Waals surface area contributed by atoms with Gasteiger partial charge in [-0.1, -0.05) is 19.8 Å². The van der Waals surface area contributed by atoms with Crippen molar-refractivity contribution < 1.29 is 14.7 Å². The monoisotopic (exact) mass is 280 g/mol. The standard InChI is InChI=1S/C13H20N4O3/c1-9-4-3-5-13(6-9,11(18)19)16-12(20)15-10-7-14-17(2)8-10/h7-9H,3-6H2,1-2H3,(H,18,19)(H2,15,16,20). The third kappa shape index (κ3) is 3.09. The highest BCUT2D eigenvalue weighted by atomic mass is 16.4. The van der Waals surface area contributed by atoms with E-state index in [9.17, 15) is 14.7 Å². The number of carboxylic acid groups (broad SMARTS) is 1. The van der Waals surface area contributed by atoms with Crippen LogP contribution in [-0.2, 0) is 11.8 Å². The third-order valence-corrected chi connectivity index (χ3v) is 3.72. The Balaban J connectivity index is 2.04. The molecule has 0 radical (unpaired) electrons. The molecule has 0 aliphatic heterocycles. The summed E-state index contributed by atoms with van der Waals surface area (Å²) in [6.45, 7) is 2.01. The number of carboxylic acids is 1. The van der Waals surface area contributed by atoms with Crippen molar-refractivity contribution in [2.75, 3.05) is 5.32 Å². The van der Waals surface area contributed by atoms with Gasteiger partial charge in [0.05, 0.1) is 11.9 Å². The van der Waals surface area contributed by atoms with E-state index in [-0.39, 0.29) is 0 Å². The minimum absolute atomic E-state index is 0.290. The fraction of sp³-hybridized carbons (Fsp3) is 0.615. The van der Waals surface area contributed by atoms with Crippen molar-refractivity contribution >= 4 is 17.7 Å². The molecule has 0 aromatic carbocycles. The van der Waals surface area contributed by atoms with Crippen LogP contribution < -0.4 is 10.6 Å². The smallest absolute Gasteiger partial charge is 0.329 e. The summed E-state index contributed by atoms with van der Waals surface area (Å²) in [5, 5.41) is 18.6. The normalized spacial score (nSPS) is 26.0. The summed E-state index contributed by atoms with van der Waals surface area (Å²) in [5.74, 6) is -0.677. The van der Waals surface area contributed by atoms with Gasteiger partial charge < -0.3 is 15.7 Å². The second-order valence-corrected chi connectivity index (χ2v) is 5.57. The molecule has 1 heterocycles. The number of carbonyl (C=O) groups excluding carboxylic acids is 1. The molecule has 3 N–H and O–H groups in total. The van der Waals surface area contributed by atoms with Gasteiger partial charge >= 0.3 is 12.0 Å². The first-order valence-electron chi connectivity index (χ1n) is 6.72. The van der Waals surface area contributed by atoms with Crippen LogP contribution >= 0.6 is 0 Å². The van der Waals surface area contributed by atoms with E-state index in [0.717, 1.165) is 12.8 Å². The van der Waals surface area contributed by atoms with E-state index < -0.39 is 17.5 Å². The zero-order valence-corrected chi connectivity index (χ0v) is 11.7. The highest BCUT2D eigenvalue weighted by molar-refractivity contribution is 5.93. The fourth-order valence-corrected chi connectivity index (χ4v) is 2.78. The maximum atomic E-state index is 12.0. The van der Waals surface area contributed by atoms with E-state index in [1.54, 1.807) is 17.9 Å². The molecule has 2 rings (SSSR count). The van der Waals surface area contributed by atoms with Crippen LogP contribution in [-0.4, -0.2) is 32.4 Å². The summed E-state index contributed by atoms with van der Waals surface area (Å²) < 4.78 is 1.56. The molecular formula is C13H20N4O3. The lowest BCUT2D eigenvalue weighted by molar-refractivity contribution is -0.146. The number of rotatable bonds is 3. The van der Waals surface area contributed by atoms with Crippen LogP contribution in [0.2, 0.25) is 0 Å².